The molecule has 0 aromatic heterocycles. The molecule has 3 N–H and O–H groups in total. The van der Waals surface area contributed by atoms with E-state index in [0.717, 1.165) is 6.42 Å². The first-order chi connectivity index (χ1) is 7.11. The third kappa shape index (κ3) is 7.69. The van der Waals surface area contributed by atoms with Gasteiger partial charge in [-0.25, -0.2) is 0 Å². The van der Waals surface area contributed by atoms with E-state index in [2.05, 4.69) is 39.9 Å². The van der Waals surface area contributed by atoms with Crippen molar-refractivity contribution in [2.45, 2.75) is 66.5 Å². The van der Waals surface area contributed by atoms with Crippen molar-refractivity contribution in [3.8, 4) is 0 Å². The van der Waals surface area contributed by atoms with Gasteiger partial charge in [0.25, 0.3) is 0 Å². The fourth-order valence-electron chi connectivity index (χ4n) is 1.87. The van der Waals surface area contributed by atoms with Crippen LogP contribution in [0.5, 0.6) is 0 Å². The molecule has 0 aromatic carbocycles. The van der Waals surface area contributed by atoms with Gasteiger partial charge in [-0.3, -0.25) is 4.79 Å². The summed E-state index contributed by atoms with van der Waals surface area (Å²) in [6.45, 7) is 12.6. The minimum atomic E-state index is -0.394. The van der Waals surface area contributed by atoms with Crippen LogP contribution in [0, 0.1) is 11.3 Å². The average molecular weight is 228 g/mol. The van der Waals surface area contributed by atoms with Crippen LogP contribution in [0.4, 0.5) is 0 Å². The molecule has 0 fully saturated rings. The monoisotopic (exact) mass is 228 g/mol. The summed E-state index contributed by atoms with van der Waals surface area (Å²) in [7, 11) is 0. The van der Waals surface area contributed by atoms with Crippen molar-refractivity contribution in [1.29, 1.82) is 0 Å². The van der Waals surface area contributed by atoms with Gasteiger partial charge in [0, 0.05) is 6.04 Å². The minimum Gasteiger partial charge on any atom is -0.352 e. The highest BCUT2D eigenvalue weighted by atomic mass is 16.2. The number of hydrogen-bond acceptors (Lipinski definition) is 2. The molecule has 0 aliphatic rings. The van der Waals surface area contributed by atoms with Crippen LogP contribution >= 0.6 is 0 Å². The van der Waals surface area contributed by atoms with E-state index in [1.165, 1.54) is 0 Å². The molecule has 0 aliphatic heterocycles. The van der Waals surface area contributed by atoms with Gasteiger partial charge in [-0.15, -0.1) is 0 Å². The van der Waals surface area contributed by atoms with Crippen molar-refractivity contribution >= 4 is 5.91 Å². The van der Waals surface area contributed by atoms with Crippen LogP contribution in [0.2, 0.25) is 0 Å². The first kappa shape index (κ1) is 15.4. The Morgan fingerprint density at radius 1 is 1.25 bits per heavy atom. The molecule has 96 valence electrons. The van der Waals surface area contributed by atoms with Gasteiger partial charge >= 0.3 is 0 Å². The lowest BCUT2D eigenvalue weighted by Crippen LogP contribution is -2.46. The molecule has 0 radical (unpaired) electrons. The Morgan fingerprint density at radius 2 is 1.75 bits per heavy atom. The molecule has 0 saturated carbocycles. The number of hydrogen-bond donors (Lipinski definition) is 2. The molecule has 0 bridgehead atoms. The number of amides is 1. The number of rotatable bonds is 5. The van der Waals surface area contributed by atoms with E-state index >= 15 is 0 Å². The Bertz CT molecular complexity index is 218. The van der Waals surface area contributed by atoms with Crippen LogP contribution in [0.3, 0.4) is 0 Å². The highest BCUT2D eigenvalue weighted by Crippen LogP contribution is 2.20. The normalized spacial score (nSPS) is 16.0. The van der Waals surface area contributed by atoms with Crippen LogP contribution in [0.15, 0.2) is 0 Å². The Hall–Kier alpha value is -0.570. The van der Waals surface area contributed by atoms with E-state index in [0.29, 0.717) is 12.3 Å². The predicted molar refractivity (Wildman–Crippen MR) is 69.1 cm³/mol. The highest BCUT2D eigenvalue weighted by Gasteiger charge is 2.22. The zero-order valence-corrected chi connectivity index (χ0v) is 11.6. The molecule has 2 atom stereocenters. The summed E-state index contributed by atoms with van der Waals surface area (Å²) in [4.78, 5) is 11.8. The second-order valence-corrected chi connectivity index (χ2v) is 6.41. The second kappa shape index (κ2) is 6.24. The molecule has 1 amide bonds. The molecule has 16 heavy (non-hydrogen) atoms. The second-order valence-electron chi connectivity index (χ2n) is 6.41. The Labute approximate surface area is 100 Å². The van der Waals surface area contributed by atoms with Crippen molar-refractivity contribution in [2.24, 2.45) is 17.1 Å². The van der Waals surface area contributed by atoms with Gasteiger partial charge in [0.2, 0.25) is 5.91 Å². The van der Waals surface area contributed by atoms with E-state index in [1.807, 2.05) is 6.92 Å². The van der Waals surface area contributed by atoms with E-state index in [4.69, 9.17) is 5.73 Å². The third-order valence-corrected chi connectivity index (χ3v) is 2.38. The van der Waals surface area contributed by atoms with Crippen LogP contribution in [-0.2, 0) is 4.79 Å². The maximum Gasteiger partial charge on any atom is 0.237 e. The Morgan fingerprint density at radius 3 is 2.12 bits per heavy atom. The summed E-state index contributed by atoms with van der Waals surface area (Å²) in [6, 6.07) is -0.187. The molecule has 0 aromatic rings. The zero-order valence-electron chi connectivity index (χ0n) is 11.6. The molecule has 3 nitrogen and oxygen atoms in total. The number of carbonyl (C=O) groups excluding carboxylic acids is 1. The molecule has 3 heteroatoms. The van der Waals surface area contributed by atoms with Crippen LogP contribution < -0.4 is 11.1 Å². The van der Waals surface area contributed by atoms with E-state index in [1.54, 1.807) is 0 Å². The third-order valence-electron chi connectivity index (χ3n) is 2.38. The van der Waals surface area contributed by atoms with Gasteiger partial charge in [0.1, 0.15) is 0 Å². The lowest BCUT2D eigenvalue weighted by Gasteiger charge is -2.24. The minimum absolute atomic E-state index is 0.0249. The smallest absolute Gasteiger partial charge is 0.237 e. The first-order valence-corrected chi connectivity index (χ1v) is 6.18. The van der Waals surface area contributed by atoms with Crippen molar-refractivity contribution in [3.05, 3.63) is 0 Å². The predicted octanol–water partition coefficient (Wildman–Crippen LogP) is 2.30. The van der Waals surface area contributed by atoms with E-state index in [9.17, 15) is 4.79 Å². The number of nitrogens with two attached hydrogens (primary N) is 1. The highest BCUT2D eigenvalue weighted by molar-refractivity contribution is 5.81. The Balaban J connectivity index is 4.05. The summed E-state index contributed by atoms with van der Waals surface area (Å²) in [5.74, 6) is 0.567. The standard InChI is InChI=1S/C13H28N2O/c1-9(2)7-10(3)15-12(16)11(14)8-13(4,5)6/h9-11H,7-8,14H2,1-6H3,(H,15,16). The van der Waals surface area contributed by atoms with Crippen molar-refractivity contribution in [2.75, 3.05) is 0 Å². The van der Waals surface area contributed by atoms with E-state index < -0.39 is 6.04 Å². The quantitative estimate of drug-likeness (QED) is 0.758. The van der Waals surface area contributed by atoms with Gasteiger partial charge in [-0.1, -0.05) is 34.6 Å². The van der Waals surface area contributed by atoms with Gasteiger partial charge in [-0.05, 0) is 31.1 Å². The molecule has 0 spiro atoms. The van der Waals surface area contributed by atoms with E-state index in [-0.39, 0.29) is 17.4 Å². The summed E-state index contributed by atoms with van der Waals surface area (Å²) in [5.41, 5.74) is 5.97. The van der Waals surface area contributed by atoms with Crippen molar-refractivity contribution in [3.63, 3.8) is 0 Å². The lowest BCUT2D eigenvalue weighted by molar-refractivity contribution is -0.123. The summed E-state index contributed by atoms with van der Waals surface area (Å²) < 4.78 is 0. The Kier molecular flexibility index (Phi) is 6.01. The van der Waals surface area contributed by atoms with Crippen molar-refractivity contribution < 1.29 is 4.79 Å². The van der Waals surface area contributed by atoms with Gasteiger partial charge < -0.3 is 11.1 Å². The largest absolute Gasteiger partial charge is 0.352 e. The molecular weight excluding hydrogens is 200 g/mol. The summed E-state index contributed by atoms with van der Waals surface area (Å²) >= 11 is 0. The van der Waals surface area contributed by atoms with Crippen molar-refractivity contribution in [1.82, 2.24) is 5.32 Å². The SMILES string of the molecule is CC(C)CC(C)NC(=O)C(N)CC(C)(C)C. The zero-order chi connectivity index (χ0) is 12.9. The molecule has 0 rings (SSSR count). The average Bonchev–Trinajstić information content (AvgIpc) is 1.98. The number of carbonyl (C=O) groups is 1. The maximum absolute atomic E-state index is 11.8. The number of nitrogens with one attached hydrogen (secondary N) is 1. The van der Waals surface area contributed by atoms with Gasteiger partial charge in [0.15, 0.2) is 0 Å². The lowest BCUT2D eigenvalue weighted by atomic mass is 9.88. The van der Waals surface area contributed by atoms with Gasteiger partial charge in [0.05, 0.1) is 6.04 Å². The van der Waals surface area contributed by atoms with Crippen LogP contribution in [0.1, 0.15) is 54.4 Å². The molecule has 0 saturated heterocycles. The fourth-order valence-corrected chi connectivity index (χ4v) is 1.87. The van der Waals surface area contributed by atoms with Crippen LogP contribution in [-0.4, -0.2) is 18.0 Å². The topological polar surface area (TPSA) is 55.1 Å². The molecular formula is C13H28N2O. The maximum atomic E-state index is 11.8. The fraction of sp³-hybridized carbons (Fsp3) is 0.923. The molecule has 0 heterocycles. The van der Waals surface area contributed by atoms with Crippen LogP contribution in [0.25, 0.3) is 0 Å². The summed E-state index contributed by atoms with van der Waals surface area (Å²) in [5, 5.41) is 2.97. The molecule has 0 aliphatic carbocycles. The van der Waals surface area contributed by atoms with Gasteiger partial charge in [-0.2, -0.15) is 0 Å². The summed E-state index contributed by atoms with van der Waals surface area (Å²) in [6.07, 6.45) is 1.71. The molecule has 2 unspecified atom stereocenters. The first-order valence-electron chi connectivity index (χ1n) is 6.18.